The minimum atomic E-state index is -4.19. The van der Waals surface area contributed by atoms with Crippen LogP contribution < -0.4 is 25.4 Å². The molecule has 0 spiro atoms. The molecule has 1 aliphatic heterocycles. The highest BCUT2D eigenvalue weighted by molar-refractivity contribution is 7.87. The zero-order valence-corrected chi connectivity index (χ0v) is 23.6. The van der Waals surface area contributed by atoms with Crippen molar-refractivity contribution in [1.29, 1.82) is 0 Å². The molecular formula is C27H29ClN6O5S. The quantitative estimate of drug-likeness (QED) is 0.295. The van der Waals surface area contributed by atoms with Crippen molar-refractivity contribution in [3.05, 3.63) is 88.2 Å². The van der Waals surface area contributed by atoms with Crippen molar-refractivity contribution in [2.75, 3.05) is 30.4 Å². The Labute approximate surface area is 237 Å². The first-order valence-electron chi connectivity index (χ1n) is 12.3. The number of rotatable bonds is 8. The molecule has 0 bridgehead atoms. The van der Waals surface area contributed by atoms with Crippen LogP contribution in [0.5, 0.6) is 0 Å². The number of nitrogens with two attached hydrogens (primary N) is 1. The number of hydrogen-bond acceptors (Lipinski definition) is 7. The van der Waals surface area contributed by atoms with Gasteiger partial charge in [-0.1, -0.05) is 49.7 Å². The van der Waals surface area contributed by atoms with Gasteiger partial charge in [-0.2, -0.15) is 8.42 Å². The molecule has 210 valence electrons. The molecule has 0 atom stereocenters. The van der Waals surface area contributed by atoms with Crippen LogP contribution in [0.2, 0.25) is 5.15 Å². The Morgan fingerprint density at radius 2 is 1.70 bits per heavy atom. The molecule has 5 N–H and O–H groups in total. The van der Waals surface area contributed by atoms with Gasteiger partial charge < -0.3 is 15.5 Å². The molecule has 3 amide bonds. The van der Waals surface area contributed by atoms with Gasteiger partial charge in [0.2, 0.25) is 5.91 Å². The summed E-state index contributed by atoms with van der Waals surface area (Å²) < 4.78 is 24.1. The standard InChI is InChI=1S/C27H29ClN6O5S/c1-16(2)19-6-4-5-7-21(19)27(26(37)32-22-13-31-23(28)12-20(22)25(36)30-3)14-34(15-27)18-10-8-17(9-11-18)24(35)33-40(29,38)39/h4-13,16H,14-15H2,1-3H3,(H,30,36)(H,32,37)(H,33,35)(H2,29,38,39). The summed E-state index contributed by atoms with van der Waals surface area (Å²) in [5.41, 5.74) is 2.19. The van der Waals surface area contributed by atoms with Crippen LogP contribution in [0.4, 0.5) is 11.4 Å². The van der Waals surface area contributed by atoms with E-state index in [1.54, 1.807) is 16.9 Å². The molecule has 13 heteroatoms. The Kier molecular flexibility index (Phi) is 8.15. The van der Waals surface area contributed by atoms with Crippen molar-refractivity contribution in [2.45, 2.75) is 25.2 Å². The highest BCUT2D eigenvalue weighted by atomic mass is 35.5. The molecule has 0 aliphatic carbocycles. The molecule has 1 aliphatic rings. The van der Waals surface area contributed by atoms with E-state index >= 15 is 0 Å². The Hall–Kier alpha value is -4.00. The average molecular weight is 585 g/mol. The van der Waals surface area contributed by atoms with Crippen molar-refractivity contribution in [3.63, 3.8) is 0 Å². The number of anilines is 2. The number of pyridine rings is 1. The monoisotopic (exact) mass is 584 g/mol. The Balaban J connectivity index is 1.66. The van der Waals surface area contributed by atoms with E-state index in [-0.39, 0.29) is 33.8 Å². The van der Waals surface area contributed by atoms with Crippen molar-refractivity contribution in [1.82, 2.24) is 15.0 Å². The molecular weight excluding hydrogens is 556 g/mol. The minimum absolute atomic E-state index is 0.115. The maximum atomic E-state index is 14.0. The SMILES string of the molecule is CNC(=O)c1cc(Cl)ncc1NC(=O)C1(c2ccccc2C(C)C)CN(c2ccc(C(=O)NS(N)(=O)=O)cc2)C1. The van der Waals surface area contributed by atoms with Crippen LogP contribution in [0.25, 0.3) is 0 Å². The lowest BCUT2D eigenvalue weighted by atomic mass is 9.69. The van der Waals surface area contributed by atoms with Crippen molar-refractivity contribution < 1.29 is 22.8 Å². The molecule has 0 saturated carbocycles. The first-order chi connectivity index (χ1) is 18.8. The van der Waals surface area contributed by atoms with E-state index in [9.17, 15) is 22.8 Å². The number of halogens is 1. The molecule has 0 radical (unpaired) electrons. The van der Waals surface area contributed by atoms with Gasteiger partial charge in [0.05, 0.1) is 17.4 Å². The number of amides is 3. The Morgan fingerprint density at radius 1 is 1.05 bits per heavy atom. The third kappa shape index (κ3) is 5.93. The molecule has 0 unspecified atom stereocenters. The summed E-state index contributed by atoms with van der Waals surface area (Å²) in [6, 6.07) is 15.4. The molecule has 1 aromatic heterocycles. The highest BCUT2D eigenvalue weighted by Crippen LogP contribution is 2.42. The smallest absolute Gasteiger partial charge is 0.298 e. The molecule has 1 saturated heterocycles. The second-order valence-electron chi connectivity index (χ2n) is 9.79. The summed E-state index contributed by atoms with van der Waals surface area (Å²) in [6.45, 7) is 4.72. The first-order valence-corrected chi connectivity index (χ1v) is 14.3. The zero-order valence-electron chi connectivity index (χ0n) is 22.1. The number of benzene rings is 2. The van der Waals surface area contributed by atoms with Gasteiger partial charge in [0, 0.05) is 31.4 Å². The lowest BCUT2D eigenvalue weighted by Crippen LogP contribution is -2.65. The van der Waals surface area contributed by atoms with E-state index in [1.807, 2.05) is 29.2 Å². The zero-order chi connectivity index (χ0) is 29.2. The number of hydrogen-bond donors (Lipinski definition) is 4. The number of nitrogens with zero attached hydrogens (tertiary/aromatic N) is 2. The van der Waals surface area contributed by atoms with Gasteiger partial charge in [0.15, 0.2) is 0 Å². The van der Waals surface area contributed by atoms with Crippen LogP contribution in [0.3, 0.4) is 0 Å². The van der Waals surface area contributed by atoms with E-state index in [0.717, 1.165) is 16.8 Å². The van der Waals surface area contributed by atoms with Crippen LogP contribution in [0, 0.1) is 0 Å². The van der Waals surface area contributed by atoms with Gasteiger partial charge >= 0.3 is 0 Å². The number of carbonyl (C=O) groups is 3. The predicted octanol–water partition coefficient (Wildman–Crippen LogP) is 2.55. The largest absolute Gasteiger partial charge is 0.369 e. The van der Waals surface area contributed by atoms with Gasteiger partial charge in [-0.15, -0.1) is 0 Å². The van der Waals surface area contributed by atoms with Crippen LogP contribution in [-0.4, -0.2) is 51.3 Å². The van der Waals surface area contributed by atoms with Crippen LogP contribution in [0.15, 0.2) is 60.8 Å². The van der Waals surface area contributed by atoms with E-state index in [1.165, 1.54) is 31.4 Å². The molecule has 40 heavy (non-hydrogen) atoms. The fourth-order valence-electron chi connectivity index (χ4n) is 4.77. The molecule has 1 fully saturated rings. The summed E-state index contributed by atoms with van der Waals surface area (Å²) in [7, 11) is -2.71. The van der Waals surface area contributed by atoms with Crippen molar-refractivity contribution in [2.24, 2.45) is 5.14 Å². The molecule has 11 nitrogen and oxygen atoms in total. The highest BCUT2D eigenvalue weighted by Gasteiger charge is 2.52. The molecule has 2 aromatic carbocycles. The van der Waals surface area contributed by atoms with Gasteiger partial charge in [-0.3, -0.25) is 14.4 Å². The predicted molar refractivity (Wildman–Crippen MR) is 153 cm³/mol. The minimum Gasteiger partial charge on any atom is -0.369 e. The second kappa shape index (κ2) is 11.2. The normalized spacial score (nSPS) is 14.3. The van der Waals surface area contributed by atoms with Gasteiger partial charge in [0.25, 0.3) is 22.0 Å². The Bertz CT molecular complexity index is 1570. The third-order valence-corrected chi connectivity index (χ3v) is 7.45. The van der Waals surface area contributed by atoms with Gasteiger partial charge in [0.1, 0.15) is 10.6 Å². The van der Waals surface area contributed by atoms with E-state index in [4.69, 9.17) is 16.7 Å². The second-order valence-corrected chi connectivity index (χ2v) is 11.5. The summed E-state index contributed by atoms with van der Waals surface area (Å²) in [5, 5.41) is 10.5. The fourth-order valence-corrected chi connectivity index (χ4v) is 5.30. The van der Waals surface area contributed by atoms with Gasteiger partial charge in [-0.05, 0) is 47.4 Å². The lowest BCUT2D eigenvalue weighted by Gasteiger charge is -2.51. The summed E-state index contributed by atoms with van der Waals surface area (Å²) in [4.78, 5) is 44.6. The third-order valence-electron chi connectivity index (χ3n) is 6.77. The average Bonchev–Trinajstić information content (AvgIpc) is 2.88. The lowest BCUT2D eigenvalue weighted by molar-refractivity contribution is -0.122. The van der Waals surface area contributed by atoms with Crippen molar-refractivity contribution in [3.8, 4) is 0 Å². The summed E-state index contributed by atoms with van der Waals surface area (Å²) >= 11 is 6.01. The molecule has 4 rings (SSSR count). The number of nitrogens with one attached hydrogen (secondary N) is 3. The van der Waals surface area contributed by atoms with Crippen LogP contribution >= 0.6 is 11.6 Å². The van der Waals surface area contributed by atoms with Crippen molar-refractivity contribution >= 4 is 50.9 Å². The molecule has 2 heterocycles. The fraction of sp³-hybridized carbons (Fsp3) is 0.259. The maximum Gasteiger partial charge on any atom is 0.298 e. The van der Waals surface area contributed by atoms with Crippen LogP contribution in [-0.2, 0) is 20.4 Å². The Morgan fingerprint density at radius 3 is 2.30 bits per heavy atom. The molecule has 3 aromatic rings. The van der Waals surface area contributed by atoms with E-state index in [0.29, 0.717) is 13.1 Å². The topological polar surface area (TPSA) is 164 Å². The summed E-state index contributed by atoms with van der Waals surface area (Å²) in [6.07, 6.45) is 1.36. The number of aromatic nitrogens is 1. The summed E-state index contributed by atoms with van der Waals surface area (Å²) in [5.74, 6) is -1.43. The van der Waals surface area contributed by atoms with E-state index in [2.05, 4.69) is 29.5 Å². The maximum absolute atomic E-state index is 14.0. The van der Waals surface area contributed by atoms with Gasteiger partial charge in [-0.25, -0.2) is 14.8 Å². The van der Waals surface area contributed by atoms with E-state index < -0.39 is 27.4 Å². The van der Waals surface area contributed by atoms with Crippen LogP contribution in [0.1, 0.15) is 51.6 Å². The first kappa shape index (κ1) is 29.0. The number of carbonyl (C=O) groups excluding carboxylic acids is 3.